The van der Waals surface area contributed by atoms with Gasteiger partial charge in [-0.15, -0.1) is 0 Å². The van der Waals surface area contributed by atoms with E-state index in [1.165, 1.54) is 16.9 Å². The van der Waals surface area contributed by atoms with E-state index in [1.807, 2.05) is 0 Å². The number of carbonyl (C=O) groups is 2. The number of phenols is 1. The van der Waals surface area contributed by atoms with Gasteiger partial charge in [-0.25, -0.2) is 9.78 Å². The summed E-state index contributed by atoms with van der Waals surface area (Å²) < 4.78 is 1.34. The smallest absolute Gasteiger partial charge is 0.342 e. The molecule has 2 amide bonds. The fourth-order valence-corrected chi connectivity index (χ4v) is 4.69. The number of pyridine rings is 1. The molecule has 4 aromatic rings. The molecule has 38 heavy (non-hydrogen) atoms. The third kappa shape index (κ3) is 5.48. The number of carbonyl (C=O) groups excluding carboxylic acids is 2. The highest BCUT2D eigenvalue weighted by Crippen LogP contribution is 2.39. The lowest BCUT2D eigenvalue weighted by molar-refractivity contribution is 0.102. The van der Waals surface area contributed by atoms with E-state index in [0.717, 1.165) is 30.5 Å². The molecule has 1 saturated carbocycles. The van der Waals surface area contributed by atoms with Crippen LogP contribution in [0.5, 0.6) is 5.75 Å². The van der Waals surface area contributed by atoms with E-state index in [4.69, 9.17) is 34.8 Å². The van der Waals surface area contributed by atoms with Crippen LogP contribution in [0.2, 0.25) is 15.2 Å². The Labute approximate surface area is 233 Å². The number of halogens is 3. The first-order valence-corrected chi connectivity index (χ1v) is 13.0. The molecule has 8 nitrogen and oxygen atoms in total. The van der Waals surface area contributed by atoms with Gasteiger partial charge in [0.15, 0.2) is 0 Å². The van der Waals surface area contributed by atoms with Gasteiger partial charge in [0.25, 0.3) is 5.91 Å². The predicted molar refractivity (Wildman–Crippen MR) is 147 cm³/mol. The van der Waals surface area contributed by atoms with Crippen molar-refractivity contribution in [3.05, 3.63) is 92.8 Å². The number of rotatable bonds is 6. The van der Waals surface area contributed by atoms with Crippen LogP contribution in [-0.2, 0) is 6.54 Å². The van der Waals surface area contributed by atoms with E-state index in [2.05, 4.69) is 20.7 Å². The molecule has 0 aliphatic heterocycles. The van der Waals surface area contributed by atoms with Crippen LogP contribution in [0.3, 0.4) is 0 Å². The average Bonchev–Trinajstić information content (AvgIpc) is 3.29. The molecule has 1 aliphatic carbocycles. The van der Waals surface area contributed by atoms with Crippen molar-refractivity contribution in [3.8, 4) is 17.0 Å². The maximum atomic E-state index is 13.2. The Morgan fingerprint density at radius 3 is 2.55 bits per heavy atom. The van der Waals surface area contributed by atoms with E-state index in [-0.39, 0.29) is 28.9 Å². The number of nitrogens with one attached hydrogen (secondary N) is 2. The molecule has 194 valence electrons. The van der Waals surface area contributed by atoms with Gasteiger partial charge in [-0.05, 0) is 66.9 Å². The minimum atomic E-state index is -0.442. The molecule has 0 spiro atoms. The van der Waals surface area contributed by atoms with Crippen molar-refractivity contribution in [1.82, 2.24) is 20.1 Å². The minimum absolute atomic E-state index is 0.0385. The zero-order valence-corrected chi connectivity index (χ0v) is 22.2. The largest absolute Gasteiger partial charge is 0.507 e. The highest BCUT2D eigenvalue weighted by atomic mass is 35.5. The van der Waals surface area contributed by atoms with Crippen molar-refractivity contribution in [1.29, 1.82) is 0 Å². The molecule has 2 aromatic carbocycles. The molecular weight excluding hydrogens is 549 g/mol. The maximum Gasteiger partial charge on any atom is 0.342 e. The average molecular weight is 571 g/mol. The Balaban J connectivity index is 1.40. The molecule has 0 saturated heterocycles. The van der Waals surface area contributed by atoms with Crippen LogP contribution in [0.1, 0.15) is 46.8 Å². The van der Waals surface area contributed by atoms with Gasteiger partial charge < -0.3 is 15.7 Å². The predicted octanol–water partition coefficient (Wildman–Crippen LogP) is 6.89. The van der Waals surface area contributed by atoms with Gasteiger partial charge in [0.1, 0.15) is 10.9 Å². The van der Waals surface area contributed by atoms with Crippen LogP contribution in [0.4, 0.5) is 10.5 Å². The van der Waals surface area contributed by atoms with Crippen molar-refractivity contribution in [2.45, 2.75) is 31.7 Å². The van der Waals surface area contributed by atoms with Gasteiger partial charge in [0, 0.05) is 29.9 Å². The quantitative estimate of drug-likeness (QED) is 0.173. The van der Waals surface area contributed by atoms with Crippen molar-refractivity contribution < 1.29 is 14.7 Å². The summed E-state index contributed by atoms with van der Waals surface area (Å²) in [4.78, 5) is 29.8. The van der Waals surface area contributed by atoms with Gasteiger partial charge in [-0.2, -0.15) is 9.78 Å². The van der Waals surface area contributed by atoms with E-state index in [1.54, 1.807) is 48.5 Å². The first-order chi connectivity index (χ1) is 18.3. The second kappa shape index (κ2) is 11.0. The Morgan fingerprint density at radius 1 is 1.03 bits per heavy atom. The number of aromatic hydroxyl groups is 1. The normalized spacial score (nSPS) is 13.1. The molecule has 0 bridgehead atoms. The first-order valence-electron chi connectivity index (χ1n) is 11.9. The van der Waals surface area contributed by atoms with Gasteiger partial charge in [0.2, 0.25) is 0 Å². The van der Waals surface area contributed by atoms with Crippen LogP contribution in [0.15, 0.2) is 60.8 Å². The van der Waals surface area contributed by atoms with Crippen LogP contribution in [-0.4, -0.2) is 31.8 Å². The number of anilines is 1. The zero-order chi connectivity index (χ0) is 26.8. The van der Waals surface area contributed by atoms with Gasteiger partial charge in [-0.3, -0.25) is 4.79 Å². The Kier molecular flexibility index (Phi) is 7.56. The van der Waals surface area contributed by atoms with Gasteiger partial charge in [-0.1, -0.05) is 47.3 Å². The molecule has 0 unspecified atom stereocenters. The number of hydrogen-bond acceptors (Lipinski definition) is 5. The second-order valence-electron chi connectivity index (χ2n) is 8.93. The lowest BCUT2D eigenvalue weighted by Gasteiger charge is -2.25. The third-order valence-electron chi connectivity index (χ3n) is 6.41. The molecule has 11 heteroatoms. The highest BCUT2D eigenvalue weighted by molar-refractivity contribution is 6.42. The summed E-state index contributed by atoms with van der Waals surface area (Å²) in [6, 6.07) is 14.4. The summed E-state index contributed by atoms with van der Waals surface area (Å²) in [6.07, 6.45) is 4.45. The number of hydrogen-bond donors (Lipinski definition) is 3. The molecule has 0 atom stereocenters. The maximum absolute atomic E-state index is 13.2. The summed E-state index contributed by atoms with van der Waals surface area (Å²) >= 11 is 18.1. The van der Waals surface area contributed by atoms with Crippen molar-refractivity contribution >= 4 is 52.4 Å². The van der Waals surface area contributed by atoms with Crippen molar-refractivity contribution in [2.24, 2.45) is 0 Å². The molecule has 5 rings (SSSR count). The van der Waals surface area contributed by atoms with Crippen LogP contribution >= 0.6 is 34.8 Å². The summed E-state index contributed by atoms with van der Waals surface area (Å²) in [5, 5.41) is 21.7. The highest BCUT2D eigenvalue weighted by Gasteiger charge is 2.28. The van der Waals surface area contributed by atoms with E-state index in [0.29, 0.717) is 27.0 Å². The number of amides is 2. The summed E-state index contributed by atoms with van der Waals surface area (Å²) in [5.41, 5.74) is 2.97. The summed E-state index contributed by atoms with van der Waals surface area (Å²) in [7, 11) is 0. The molecule has 1 aliphatic rings. The van der Waals surface area contributed by atoms with Crippen LogP contribution in [0, 0.1) is 0 Å². The molecule has 0 radical (unpaired) electrons. The lowest BCUT2D eigenvalue weighted by atomic mass is 9.82. The number of phenolic OH excluding ortho intramolecular Hbond substituents is 1. The van der Waals surface area contributed by atoms with Gasteiger partial charge in [0.05, 0.1) is 27.0 Å². The van der Waals surface area contributed by atoms with Crippen LogP contribution in [0.25, 0.3) is 11.3 Å². The molecule has 1 fully saturated rings. The molecule has 2 aromatic heterocycles. The number of aromatic nitrogens is 3. The standard InChI is InChI=1S/C27H22Cl3N5O3/c28-20-8-6-15(11-21(20)29)14-32-27(38)35-23(16-3-1-4-16)13-22(34-35)19-12-17(7-9-24(19)36)33-26(37)18-5-2-10-31-25(18)30/h2,5-13,16,36H,1,3-4,14H2,(H,32,38)(H,33,37). The SMILES string of the molecule is O=C(Nc1ccc(O)c(-c2cc(C3CCC3)n(C(=O)NCc3ccc(Cl)c(Cl)c3)n2)c1)c1cccnc1Cl. The molecular formula is C27H22Cl3N5O3. The second-order valence-corrected chi connectivity index (χ2v) is 10.1. The zero-order valence-electron chi connectivity index (χ0n) is 19.9. The monoisotopic (exact) mass is 569 g/mol. The molecule has 2 heterocycles. The first kappa shape index (κ1) is 26.0. The topological polar surface area (TPSA) is 109 Å². The fourth-order valence-electron chi connectivity index (χ4n) is 4.16. The third-order valence-corrected chi connectivity index (χ3v) is 7.45. The summed E-state index contributed by atoms with van der Waals surface area (Å²) in [5.74, 6) is -0.296. The van der Waals surface area contributed by atoms with Crippen LogP contribution < -0.4 is 10.6 Å². The van der Waals surface area contributed by atoms with E-state index >= 15 is 0 Å². The van der Waals surface area contributed by atoms with E-state index < -0.39 is 11.9 Å². The summed E-state index contributed by atoms with van der Waals surface area (Å²) in [6.45, 7) is 0.235. The number of nitrogens with zero attached hydrogens (tertiary/aromatic N) is 3. The van der Waals surface area contributed by atoms with Crippen molar-refractivity contribution in [2.75, 3.05) is 5.32 Å². The molecule has 3 N–H and O–H groups in total. The lowest BCUT2D eigenvalue weighted by Crippen LogP contribution is -2.31. The minimum Gasteiger partial charge on any atom is -0.507 e. The Hall–Kier alpha value is -3.59. The Morgan fingerprint density at radius 2 is 1.84 bits per heavy atom. The van der Waals surface area contributed by atoms with Gasteiger partial charge >= 0.3 is 6.03 Å². The fraction of sp³-hybridized carbons (Fsp3) is 0.185. The van der Waals surface area contributed by atoms with E-state index in [9.17, 15) is 14.7 Å². The number of benzene rings is 2. The Bertz CT molecular complexity index is 1530. The van der Waals surface area contributed by atoms with Crippen molar-refractivity contribution in [3.63, 3.8) is 0 Å².